The molecule has 94 valence electrons. The SMILES string of the molecule is CCN1CCN(c2c(Cl)cc(N)cc2Cl)CC1. The van der Waals surface area contributed by atoms with Crippen LogP contribution in [0.15, 0.2) is 12.1 Å². The fourth-order valence-electron chi connectivity index (χ4n) is 2.17. The number of benzene rings is 1. The number of rotatable bonds is 2. The molecule has 3 nitrogen and oxygen atoms in total. The Morgan fingerprint density at radius 2 is 1.65 bits per heavy atom. The maximum Gasteiger partial charge on any atom is 0.0747 e. The fourth-order valence-corrected chi connectivity index (χ4v) is 2.92. The number of piperazine rings is 1. The van der Waals surface area contributed by atoms with Crippen LogP contribution in [0.4, 0.5) is 11.4 Å². The first kappa shape index (κ1) is 12.8. The van der Waals surface area contributed by atoms with E-state index in [2.05, 4.69) is 16.7 Å². The van der Waals surface area contributed by atoms with Crippen molar-refractivity contribution in [3.8, 4) is 0 Å². The van der Waals surface area contributed by atoms with Crippen LogP contribution in [-0.4, -0.2) is 37.6 Å². The molecule has 1 aliphatic heterocycles. The highest BCUT2D eigenvalue weighted by molar-refractivity contribution is 6.39. The summed E-state index contributed by atoms with van der Waals surface area (Å²) >= 11 is 12.4. The molecule has 0 radical (unpaired) electrons. The van der Waals surface area contributed by atoms with E-state index in [1.165, 1.54) is 0 Å². The summed E-state index contributed by atoms with van der Waals surface area (Å²) in [6.45, 7) is 7.28. The Bertz CT molecular complexity index is 378. The van der Waals surface area contributed by atoms with Gasteiger partial charge in [0.25, 0.3) is 0 Å². The molecule has 1 aromatic rings. The third kappa shape index (κ3) is 2.79. The number of halogens is 2. The number of nitrogen functional groups attached to an aromatic ring is 1. The van der Waals surface area contributed by atoms with Gasteiger partial charge < -0.3 is 15.5 Å². The third-order valence-electron chi connectivity index (χ3n) is 3.17. The summed E-state index contributed by atoms with van der Waals surface area (Å²) in [5.74, 6) is 0. The minimum atomic E-state index is 0.607. The fraction of sp³-hybridized carbons (Fsp3) is 0.500. The molecule has 0 atom stereocenters. The number of hydrogen-bond acceptors (Lipinski definition) is 3. The largest absolute Gasteiger partial charge is 0.399 e. The number of likely N-dealkylation sites (N-methyl/N-ethyl adjacent to an activating group) is 1. The summed E-state index contributed by atoms with van der Waals surface area (Å²) in [4.78, 5) is 4.64. The second kappa shape index (κ2) is 5.34. The molecule has 0 amide bonds. The lowest BCUT2D eigenvalue weighted by Crippen LogP contribution is -2.46. The highest BCUT2D eigenvalue weighted by Crippen LogP contribution is 2.36. The predicted octanol–water partition coefficient (Wildman–Crippen LogP) is 2.72. The molecule has 1 fully saturated rings. The average Bonchev–Trinajstić information content (AvgIpc) is 2.28. The first-order chi connectivity index (χ1) is 8.11. The lowest BCUT2D eigenvalue weighted by atomic mass is 10.2. The lowest BCUT2D eigenvalue weighted by Gasteiger charge is -2.36. The molecular weight excluding hydrogens is 257 g/mol. The van der Waals surface area contributed by atoms with Gasteiger partial charge in [-0.05, 0) is 18.7 Å². The highest BCUT2D eigenvalue weighted by atomic mass is 35.5. The van der Waals surface area contributed by atoms with Gasteiger partial charge in [0.15, 0.2) is 0 Å². The Labute approximate surface area is 112 Å². The van der Waals surface area contributed by atoms with Gasteiger partial charge in [-0.2, -0.15) is 0 Å². The summed E-state index contributed by atoms with van der Waals surface area (Å²) in [5.41, 5.74) is 7.23. The molecule has 17 heavy (non-hydrogen) atoms. The van der Waals surface area contributed by atoms with Crippen LogP contribution >= 0.6 is 23.2 Å². The van der Waals surface area contributed by atoms with E-state index >= 15 is 0 Å². The molecule has 1 aliphatic rings. The second-order valence-corrected chi connectivity index (χ2v) is 5.07. The van der Waals surface area contributed by atoms with Crippen LogP contribution in [0.5, 0.6) is 0 Å². The van der Waals surface area contributed by atoms with Crippen molar-refractivity contribution in [1.29, 1.82) is 0 Å². The van der Waals surface area contributed by atoms with Gasteiger partial charge >= 0.3 is 0 Å². The molecule has 1 heterocycles. The van der Waals surface area contributed by atoms with E-state index in [1.54, 1.807) is 12.1 Å². The monoisotopic (exact) mass is 273 g/mol. The van der Waals surface area contributed by atoms with Crippen molar-refractivity contribution in [3.05, 3.63) is 22.2 Å². The quantitative estimate of drug-likeness (QED) is 0.842. The molecule has 0 aromatic heterocycles. The Hall–Kier alpha value is -0.640. The Morgan fingerprint density at radius 3 is 2.12 bits per heavy atom. The molecule has 0 aliphatic carbocycles. The van der Waals surface area contributed by atoms with Gasteiger partial charge in [-0.1, -0.05) is 30.1 Å². The minimum Gasteiger partial charge on any atom is -0.399 e. The van der Waals surface area contributed by atoms with Crippen LogP contribution in [0.3, 0.4) is 0 Å². The van der Waals surface area contributed by atoms with Gasteiger partial charge in [0.05, 0.1) is 15.7 Å². The van der Waals surface area contributed by atoms with E-state index in [0.29, 0.717) is 15.7 Å². The highest BCUT2D eigenvalue weighted by Gasteiger charge is 2.20. The van der Waals surface area contributed by atoms with Crippen LogP contribution in [0, 0.1) is 0 Å². The van der Waals surface area contributed by atoms with Gasteiger partial charge in [-0.25, -0.2) is 0 Å². The molecule has 2 N–H and O–H groups in total. The van der Waals surface area contributed by atoms with Crippen molar-refractivity contribution in [1.82, 2.24) is 4.90 Å². The van der Waals surface area contributed by atoms with Gasteiger partial charge in [0.1, 0.15) is 0 Å². The van der Waals surface area contributed by atoms with Crippen molar-refractivity contribution in [2.45, 2.75) is 6.92 Å². The van der Waals surface area contributed by atoms with Gasteiger partial charge in [0, 0.05) is 31.9 Å². The first-order valence-electron chi connectivity index (χ1n) is 5.83. The van der Waals surface area contributed by atoms with Crippen molar-refractivity contribution in [3.63, 3.8) is 0 Å². The lowest BCUT2D eigenvalue weighted by molar-refractivity contribution is 0.271. The van der Waals surface area contributed by atoms with Crippen LogP contribution in [-0.2, 0) is 0 Å². The Kier molecular flexibility index (Phi) is 4.02. The van der Waals surface area contributed by atoms with Crippen molar-refractivity contribution >= 4 is 34.6 Å². The summed E-state index contributed by atoms with van der Waals surface area (Å²) in [6.07, 6.45) is 0. The number of nitrogens with zero attached hydrogens (tertiary/aromatic N) is 2. The predicted molar refractivity (Wildman–Crippen MR) is 75.2 cm³/mol. The van der Waals surface area contributed by atoms with Crippen LogP contribution in [0.2, 0.25) is 10.0 Å². The molecule has 1 saturated heterocycles. The molecule has 5 heteroatoms. The van der Waals surface area contributed by atoms with Crippen LogP contribution in [0.25, 0.3) is 0 Å². The smallest absolute Gasteiger partial charge is 0.0747 e. The number of nitrogens with two attached hydrogens (primary N) is 1. The number of hydrogen-bond donors (Lipinski definition) is 1. The first-order valence-corrected chi connectivity index (χ1v) is 6.59. The van der Waals surface area contributed by atoms with Gasteiger partial charge in [-0.15, -0.1) is 0 Å². The number of anilines is 2. The zero-order chi connectivity index (χ0) is 12.4. The molecular formula is C12H17Cl2N3. The van der Waals surface area contributed by atoms with Gasteiger partial charge in [-0.3, -0.25) is 0 Å². The molecule has 0 saturated carbocycles. The molecule has 0 bridgehead atoms. The van der Waals surface area contributed by atoms with Crippen LogP contribution in [0.1, 0.15) is 6.92 Å². The van der Waals surface area contributed by atoms with E-state index in [4.69, 9.17) is 28.9 Å². The van der Waals surface area contributed by atoms with E-state index in [9.17, 15) is 0 Å². The van der Waals surface area contributed by atoms with E-state index in [-0.39, 0.29) is 0 Å². The normalized spacial score (nSPS) is 17.5. The minimum absolute atomic E-state index is 0.607. The summed E-state index contributed by atoms with van der Waals surface area (Å²) in [5, 5.41) is 1.28. The summed E-state index contributed by atoms with van der Waals surface area (Å²) < 4.78 is 0. The molecule has 1 aromatic carbocycles. The molecule has 0 unspecified atom stereocenters. The average molecular weight is 274 g/mol. The summed E-state index contributed by atoms with van der Waals surface area (Å²) in [6, 6.07) is 3.52. The summed E-state index contributed by atoms with van der Waals surface area (Å²) in [7, 11) is 0. The van der Waals surface area contributed by atoms with E-state index in [1.807, 2.05) is 0 Å². The van der Waals surface area contributed by atoms with Crippen LogP contribution < -0.4 is 10.6 Å². The zero-order valence-corrected chi connectivity index (χ0v) is 11.4. The Balaban J connectivity index is 2.18. The van der Waals surface area contributed by atoms with Crippen molar-refractivity contribution in [2.75, 3.05) is 43.4 Å². The van der Waals surface area contributed by atoms with Gasteiger partial charge in [0.2, 0.25) is 0 Å². The second-order valence-electron chi connectivity index (χ2n) is 4.25. The van der Waals surface area contributed by atoms with E-state index in [0.717, 1.165) is 38.4 Å². The van der Waals surface area contributed by atoms with Crippen molar-refractivity contribution < 1.29 is 0 Å². The Morgan fingerprint density at radius 1 is 1.12 bits per heavy atom. The maximum atomic E-state index is 6.22. The zero-order valence-electron chi connectivity index (χ0n) is 9.92. The third-order valence-corrected chi connectivity index (χ3v) is 3.75. The maximum absolute atomic E-state index is 6.22. The van der Waals surface area contributed by atoms with Crippen molar-refractivity contribution in [2.24, 2.45) is 0 Å². The topological polar surface area (TPSA) is 32.5 Å². The molecule has 0 spiro atoms. The molecule has 2 rings (SSSR count). The standard InChI is InChI=1S/C12H17Cl2N3/c1-2-16-3-5-17(6-4-16)12-10(13)7-9(15)8-11(12)14/h7-8H,2-6,15H2,1H3. The van der Waals surface area contributed by atoms with E-state index < -0.39 is 0 Å².